The lowest BCUT2D eigenvalue weighted by Gasteiger charge is -2.21. The van der Waals surface area contributed by atoms with E-state index in [1.807, 2.05) is 49.4 Å². The number of hydrogen-bond donors (Lipinski definition) is 1. The summed E-state index contributed by atoms with van der Waals surface area (Å²) in [6.45, 7) is 2.53. The quantitative estimate of drug-likeness (QED) is 0.726. The van der Waals surface area contributed by atoms with Gasteiger partial charge in [0.25, 0.3) is 5.91 Å². The number of para-hydroxylation sites is 1. The van der Waals surface area contributed by atoms with Crippen LogP contribution in [-0.4, -0.2) is 44.6 Å². The van der Waals surface area contributed by atoms with Crippen molar-refractivity contribution in [2.45, 2.75) is 13.5 Å². The van der Waals surface area contributed by atoms with Gasteiger partial charge < -0.3 is 10.1 Å². The minimum atomic E-state index is -3.38. The highest BCUT2D eigenvalue weighted by Crippen LogP contribution is 2.12. The van der Waals surface area contributed by atoms with Gasteiger partial charge in [-0.05, 0) is 30.2 Å². The first-order valence-corrected chi connectivity index (χ1v) is 10.2. The number of benzene rings is 2. The topological polar surface area (TPSA) is 75.7 Å². The molecule has 0 unspecified atom stereocenters. The predicted molar refractivity (Wildman–Crippen MR) is 101 cm³/mol. The summed E-state index contributed by atoms with van der Waals surface area (Å²) in [5, 5.41) is 2.69. The van der Waals surface area contributed by atoms with Gasteiger partial charge in [-0.3, -0.25) is 4.79 Å². The Balaban J connectivity index is 1.84. The zero-order chi connectivity index (χ0) is 19.0. The monoisotopic (exact) mass is 376 g/mol. The predicted octanol–water partition coefficient (Wildman–Crippen LogP) is 1.95. The minimum Gasteiger partial charge on any atom is -0.484 e. The van der Waals surface area contributed by atoms with Gasteiger partial charge in [-0.25, -0.2) is 8.42 Å². The van der Waals surface area contributed by atoms with Crippen molar-refractivity contribution in [2.75, 3.05) is 26.0 Å². The summed E-state index contributed by atoms with van der Waals surface area (Å²) in [7, 11) is -3.38. The molecule has 0 spiro atoms. The van der Waals surface area contributed by atoms with Crippen LogP contribution in [-0.2, 0) is 21.4 Å². The van der Waals surface area contributed by atoms with Gasteiger partial charge in [-0.15, -0.1) is 0 Å². The first-order valence-electron chi connectivity index (χ1n) is 8.30. The lowest BCUT2D eigenvalue weighted by molar-refractivity contribution is -0.123. The van der Waals surface area contributed by atoms with Crippen molar-refractivity contribution in [3.05, 3.63) is 65.7 Å². The summed E-state index contributed by atoms with van der Waals surface area (Å²) in [6, 6.07) is 16.7. The van der Waals surface area contributed by atoms with Crippen molar-refractivity contribution >= 4 is 15.9 Å². The first-order chi connectivity index (χ1) is 12.4. The maximum atomic E-state index is 12.0. The van der Waals surface area contributed by atoms with Crippen molar-refractivity contribution in [1.82, 2.24) is 9.62 Å². The van der Waals surface area contributed by atoms with E-state index in [2.05, 4.69) is 5.32 Å². The highest BCUT2D eigenvalue weighted by molar-refractivity contribution is 7.88. The van der Waals surface area contributed by atoms with E-state index in [0.29, 0.717) is 5.75 Å². The number of rotatable bonds is 9. The lowest BCUT2D eigenvalue weighted by atomic mass is 10.1. The Labute approximate surface area is 154 Å². The van der Waals surface area contributed by atoms with Crippen LogP contribution in [0.25, 0.3) is 0 Å². The smallest absolute Gasteiger partial charge is 0.257 e. The number of nitrogens with one attached hydrogen (secondary N) is 1. The fourth-order valence-corrected chi connectivity index (χ4v) is 3.17. The standard InChI is InChI=1S/C19H24N2O4S/c1-16-8-6-7-9-17(16)14-21(26(2,23)24)13-12-20-19(22)15-25-18-10-4-3-5-11-18/h3-11H,12-15H2,1-2H3,(H,20,22). The second kappa shape index (κ2) is 9.35. The van der Waals surface area contributed by atoms with Gasteiger partial charge in [0.2, 0.25) is 10.0 Å². The summed E-state index contributed by atoms with van der Waals surface area (Å²) in [5.74, 6) is 0.318. The Bertz CT molecular complexity index is 822. The maximum Gasteiger partial charge on any atom is 0.257 e. The van der Waals surface area contributed by atoms with Crippen LogP contribution in [0.1, 0.15) is 11.1 Å². The van der Waals surface area contributed by atoms with E-state index in [1.165, 1.54) is 10.6 Å². The van der Waals surface area contributed by atoms with Gasteiger partial charge in [-0.1, -0.05) is 42.5 Å². The summed E-state index contributed by atoms with van der Waals surface area (Å²) in [5.41, 5.74) is 1.97. The molecule has 1 N–H and O–H groups in total. The molecule has 0 radical (unpaired) electrons. The Kier molecular flexibility index (Phi) is 7.17. The van der Waals surface area contributed by atoms with E-state index >= 15 is 0 Å². The van der Waals surface area contributed by atoms with E-state index in [-0.39, 0.29) is 32.1 Å². The lowest BCUT2D eigenvalue weighted by Crippen LogP contribution is -2.39. The van der Waals surface area contributed by atoms with Crippen LogP contribution >= 0.6 is 0 Å². The highest BCUT2D eigenvalue weighted by Gasteiger charge is 2.17. The largest absolute Gasteiger partial charge is 0.484 e. The van der Waals surface area contributed by atoms with Gasteiger partial charge in [0.15, 0.2) is 6.61 Å². The number of aryl methyl sites for hydroxylation is 1. The molecule has 0 fully saturated rings. The molecule has 140 valence electrons. The molecule has 7 heteroatoms. The number of carbonyl (C=O) groups is 1. The Hall–Kier alpha value is -2.38. The van der Waals surface area contributed by atoms with Crippen LogP contribution in [0.2, 0.25) is 0 Å². The molecule has 1 amide bonds. The Morgan fingerprint density at radius 3 is 2.38 bits per heavy atom. The van der Waals surface area contributed by atoms with Crippen molar-refractivity contribution < 1.29 is 17.9 Å². The molecule has 6 nitrogen and oxygen atoms in total. The number of amides is 1. The molecule has 0 aromatic heterocycles. The number of ether oxygens (including phenoxy) is 1. The number of hydrogen-bond acceptors (Lipinski definition) is 4. The number of sulfonamides is 1. The van der Waals surface area contributed by atoms with Crippen molar-refractivity contribution in [1.29, 1.82) is 0 Å². The van der Waals surface area contributed by atoms with Crippen molar-refractivity contribution in [3.63, 3.8) is 0 Å². The van der Waals surface area contributed by atoms with E-state index < -0.39 is 10.0 Å². The summed E-state index contributed by atoms with van der Waals surface area (Å²) < 4.78 is 30.8. The van der Waals surface area contributed by atoms with Crippen LogP contribution in [0, 0.1) is 6.92 Å². The molecule has 0 aliphatic rings. The molecule has 0 saturated heterocycles. The van der Waals surface area contributed by atoms with Crippen LogP contribution in [0.4, 0.5) is 0 Å². The second-order valence-electron chi connectivity index (χ2n) is 5.97. The zero-order valence-electron chi connectivity index (χ0n) is 15.0. The van der Waals surface area contributed by atoms with Crippen molar-refractivity contribution in [3.8, 4) is 5.75 Å². The van der Waals surface area contributed by atoms with E-state index in [0.717, 1.165) is 11.1 Å². The Morgan fingerprint density at radius 2 is 1.73 bits per heavy atom. The van der Waals surface area contributed by atoms with Gasteiger partial charge in [0.1, 0.15) is 5.75 Å². The Morgan fingerprint density at radius 1 is 1.08 bits per heavy atom. The minimum absolute atomic E-state index is 0.110. The summed E-state index contributed by atoms with van der Waals surface area (Å²) >= 11 is 0. The van der Waals surface area contributed by atoms with Gasteiger partial charge >= 0.3 is 0 Å². The van der Waals surface area contributed by atoms with E-state index in [9.17, 15) is 13.2 Å². The average molecular weight is 376 g/mol. The SMILES string of the molecule is Cc1ccccc1CN(CCNC(=O)COc1ccccc1)S(C)(=O)=O. The third-order valence-corrected chi connectivity index (χ3v) is 5.12. The maximum absolute atomic E-state index is 12.0. The molecule has 0 bridgehead atoms. The summed E-state index contributed by atoms with van der Waals surface area (Å²) in [4.78, 5) is 11.9. The summed E-state index contributed by atoms with van der Waals surface area (Å²) in [6.07, 6.45) is 1.17. The van der Waals surface area contributed by atoms with E-state index in [1.54, 1.807) is 12.1 Å². The molecule has 26 heavy (non-hydrogen) atoms. The normalized spacial score (nSPS) is 11.3. The number of nitrogens with zero attached hydrogens (tertiary/aromatic N) is 1. The van der Waals surface area contributed by atoms with Gasteiger partial charge in [0, 0.05) is 19.6 Å². The van der Waals surface area contributed by atoms with Crippen molar-refractivity contribution in [2.24, 2.45) is 0 Å². The fourth-order valence-electron chi connectivity index (χ4n) is 2.38. The van der Waals surface area contributed by atoms with E-state index in [4.69, 9.17) is 4.74 Å². The molecular weight excluding hydrogens is 352 g/mol. The molecular formula is C19H24N2O4S. The average Bonchev–Trinajstić information content (AvgIpc) is 2.61. The van der Waals surface area contributed by atoms with Crippen LogP contribution in [0.5, 0.6) is 5.75 Å². The highest BCUT2D eigenvalue weighted by atomic mass is 32.2. The first kappa shape index (κ1) is 19.9. The second-order valence-corrected chi connectivity index (χ2v) is 7.96. The molecule has 0 atom stereocenters. The molecule has 2 aromatic carbocycles. The molecule has 0 saturated carbocycles. The molecule has 0 aliphatic carbocycles. The fraction of sp³-hybridized carbons (Fsp3) is 0.316. The van der Waals surface area contributed by atoms with Gasteiger partial charge in [0.05, 0.1) is 6.26 Å². The third-order valence-electron chi connectivity index (χ3n) is 3.87. The molecule has 2 rings (SSSR count). The third kappa shape index (κ3) is 6.50. The van der Waals surface area contributed by atoms with Crippen LogP contribution in [0.3, 0.4) is 0 Å². The zero-order valence-corrected chi connectivity index (χ0v) is 15.8. The van der Waals surface area contributed by atoms with Crippen LogP contribution < -0.4 is 10.1 Å². The van der Waals surface area contributed by atoms with Gasteiger partial charge in [-0.2, -0.15) is 4.31 Å². The molecule has 2 aromatic rings. The van der Waals surface area contributed by atoms with Crippen LogP contribution in [0.15, 0.2) is 54.6 Å². The molecule has 0 aliphatic heterocycles. The number of carbonyl (C=O) groups excluding carboxylic acids is 1. The molecule has 0 heterocycles.